The molecule has 7 nitrogen and oxygen atoms in total. The number of H-pyrrole nitrogens is 1. The second-order valence-electron chi connectivity index (χ2n) is 4.57. The Balaban J connectivity index is 2.42. The van der Waals surface area contributed by atoms with Crippen molar-refractivity contribution in [2.24, 2.45) is 0 Å². The van der Waals surface area contributed by atoms with E-state index in [1.807, 2.05) is 0 Å². The third kappa shape index (κ3) is 3.43. The summed E-state index contributed by atoms with van der Waals surface area (Å²) in [5.41, 5.74) is 1.15. The van der Waals surface area contributed by atoms with E-state index >= 15 is 0 Å². The number of carbonyl (C=O) groups is 1. The Morgan fingerprint density at radius 1 is 1.27 bits per heavy atom. The van der Waals surface area contributed by atoms with Gasteiger partial charge in [-0.15, -0.1) is 0 Å². The van der Waals surface area contributed by atoms with E-state index in [2.05, 4.69) is 10.2 Å². The summed E-state index contributed by atoms with van der Waals surface area (Å²) in [5, 5.41) is 15.1. The van der Waals surface area contributed by atoms with Gasteiger partial charge in [-0.1, -0.05) is 0 Å². The van der Waals surface area contributed by atoms with E-state index in [0.29, 0.717) is 28.3 Å². The van der Waals surface area contributed by atoms with Gasteiger partial charge in [0.15, 0.2) is 0 Å². The molecular formula is C15H16N2O5. The second kappa shape index (κ2) is 6.75. The third-order valence-electron chi connectivity index (χ3n) is 3.17. The predicted molar refractivity (Wildman–Crippen MR) is 79.4 cm³/mol. The molecule has 0 fully saturated rings. The van der Waals surface area contributed by atoms with E-state index in [0.717, 1.165) is 0 Å². The Morgan fingerprint density at radius 2 is 2.05 bits per heavy atom. The average Bonchev–Trinajstić information content (AvgIpc) is 2.53. The molecule has 0 saturated heterocycles. The average molecular weight is 304 g/mol. The standard InChI is InChI=1S/C15H16N2O5/c1-21-10-4-5-11(13(8-10)22-2)12-7-9(3-6-14(18)19)15(20)17-16-12/h4-5,7-8H,3,6H2,1-2H3,(H,17,20)(H,18,19). The molecule has 1 heterocycles. The van der Waals surface area contributed by atoms with Crippen LogP contribution < -0.4 is 15.0 Å². The first-order chi connectivity index (χ1) is 10.5. The van der Waals surface area contributed by atoms with E-state index in [1.165, 1.54) is 7.11 Å². The summed E-state index contributed by atoms with van der Waals surface area (Å²) >= 11 is 0. The number of hydrogen-bond donors (Lipinski definition) is 2. The molecule has 1 aromatic heterocycles. The van der Waals surface area contributed by atoms with Crippen LogP contribution in [0.15, 0.2) is 29.1 Å². The number of aromatic amines is 1. The first kappa shape index (κ1) is 15.6. The van der Waals surface area contributed by atoms with E-state index < -0.39 is 11.5 Å². The lowest BCUT2D eigenvalue weighted by Crippen LogP contribution is -2.15. The first-order valence-electron chi connectivity index (χ1n) is 6.58. The quantitative estimate of drug-likeness (QED) is 0.838. The molecule has 0 saturated carbocycles. The molecule has 2 aromatic rings. The van der Waals surface area contributed by atoms with Gasteiger partial charge in [-0.25, -0.2) is 5.10 Å². The summed E-state index contributed by atoms with van der Waals surface area (Å²) in [5.74, 6) is 0.221. The number of benzene rings is 1. The zero-order valence-corrected chi connectivity index (χ0v) is 12.3. The zero-order chi connectivity index (χ0) is 16.1. The monoisotopic (exact) mass is 304 g/mol. The maximum Gasteiger partial charge on any atom is 0.303 e. The number of aromatic nitrogens is 2. The second-order valence-corrected chi connectivity index (χ2v) is 4.57. The van der Waals surface area contributed by atoms with Gasteiger partial charge in [0.05, 0.1) is 19.9 Å². The summed E-state index contributed by atoms with van der Waals surface area (Å²) < 4.78 is 10.4. The van der Waals surface area contributed by atoms with E-state index in [-0.39, 0.29) is 12.8 Å². The summed E-state index contributed by atoms with van der Waals surface area (Å²) in [7, 11) is 3.08. The SMILES string of the molecule is COc1ccc(-c2cc(CCC(=O)O)c(=O)[nH]n2)c(OC)c1. The Bertz CT molecular complexity index is 739. The maximum atomic E-state index is 11.7. The highest BCUT2D eigenvalue weighted by atomic mass is 16.5. The normalized spacial score (nSPS) is 10.3. The Hall–Kier alpha value is -2.83. The summed E-state index contributed by atoms with van der Waals surface area (Å²) in [4.78, 5) is 22.4. The van der Waals surface area contributed by atoms with Crippen LogP contribution in [-0.2, 0) is 11.2 Å². The van der Waals surface area contributed by atoms with Crippen molar-refractivity contribution in [3.63, 3.8) is 0 Å². The molecule has 1 aromatic carbocycles. The molecule has 0 unspecified atom stereocenters. The lowest BCUT2D eigenvalue weighted by molar-refractivity contribution is -0.136. The summed E-state index contributed by atoms with van der Waals surface area (Å²) in [6.45, 7) is 0. The largest absolute Gasteiger partial charge is 0.497 e. The van der Waals surface area contributed by atoms with Gasteiger partial charge >= 0.3 is 5.97 Å². The van der Waals surface area contributed by atoms with E-state index in [4.69, 9.17) is 14.6 Å². The minimum Gasteiger partial charge on any atom is -0.497 e. The van der Waals surface area contributed by atoms with Gasteiger partial charge in [0.25, 0.3) is 5.56 Å². The zero-order valence-electron chi connectivity index (χ0n) is 12.3. The Kier molecular flexibility index (Phi) is 4.77. The van der Waals surface area contributed by atoms with Gasteiger partial charge in [0.2, 0.25) is 0 Å². The molecule has 0 spiro atoms. The molecule has 7 heteroatoms. The topological polar surface area (TPSA) is 102 Å². The van der Waals surface area contributed by atoms with Crippen molar-refractivity contribution in [1.29, 1.82) is 0 Å². The van der Waals surface area contributed by atoms with Gasteiger partial charge in [0.1, 0.15) is 11.5 Å². The lowest BCUT2D eigenvalue weighted by Gasteiger charge is -2.10. The summed E-state index contributed by atoms with van der Waals surface area (Å²) in [6.07, 6.45) is 0.0188. The predicted octanol–water partition coefficient (Wildman–Crippen LogP) is 1.47. The number of nitrogens with zero attached hydrogens (tertiary/aromatic N) is 1. The molecule has 22 heavy (non-hydrogen) atoms. The van der Waals surface area contributed by atoms with Crippen LogP contribution in [0.1, 0.15) is 12.0 Å². The van der Waals surface area contributed by atoms with Crippen molar-refractivity contribution < 1.29 is 19.4 Å². The molecule has 0 aliphatic carbocycles. The molecule has 0 aliphatic heterocycles. The van der Waals surface area contributed by atoms with Gasteiger partial charge in [-0.05, 0) is 24.6 Å². The number of carboxylic acid groups (broad SMARTS) is 1. The molecule has 116 valence electrons. The number of carboxylic acids is 1. The molecule has 0 atom stereocenters. The van der Waals surface area contributed by atoms with Crippen molar-refractivity contribution in [2.45, 2.75) is 12.8 Å². The number of nitrogens with one attached hydrogen (secondary N) is 1. The highest BCUT2D eigenvalue weighted by Gasteiger charge is 2.12. The number of aryl methyl sites for hydroxylation is 1. The van der Waals surface area contributed by atoms with Crippen LogP contribution in [0.3, 0.4) is 0 Å². The fraction of sp³-hybridized carbons (Fsp3) is 0.267. The van der Waals surface area contributed by atoms with Crippen LogP contribution in [0.2, 0.25) is 0 Å². The molecule has 0 amide bonds. The van der Waals surface area contributed by atoms with Gasteiger partial charge < -0.3 is 14.6 Å². The minimum absolute atomic E-state index is 0.119. The smallest absolute Gasteiger partial charge is 0.303 e. The molecule has 0 bridgehead atoms. The van der Waals surface area contributed by atoms with Crippen LogP contribution in [-0.4, -0.2) is 35.5 Å². The van der Waals surface area contributed by atoms with Crippen LogP contribution in [0.25, 0.3) is 11.3 Å². The number of rotatable bonds is 6. The first-order valence-corrected chi connectivity index (χ1v) is 6.58. The number of ether oxygens (including phenoxy) is 2. The fourth-order valence-electron chi connectivity index (χ4n) is 2.02. The Morgan fingerprint density at radius 3 is 2.68 bits per heavy atom. The van der Waals surface area contributed by atoms with Crippen molar-refractivity contribution in [2.75, 3.05) is 14.2 Å². The van der Waals surface area contributed by atoms with Crippen molar-refractivity contribution in [1.82, 2.24) is 10.2 Å². The molecular weight excluding hydrogens is 288 g/mol. The van der Waals surface area contributed by atoms with Crippen molar-refractivity contribution in [3.05, 3.63) is 40.2 Å². The molecule has 0 aliphatic rings. The third-order valence-corrected chi connectivity index (χ3v) is 3.17. The highest BCUT2D eigenvalue weighted by molar-refractivity contribution is 5.69. The van der Waals surface area contributed by atoms with Crippen molar-refractivity contribution in [3.8, 4) is 22.8 Å². The minimum atomic E-state index is -0.959. The molecule has 2 N–H and O–H groups in total. The summed E-state index contributed by atoms with van der Waals surface area (Å²) in [6, 6.07) is 6.80. The van der Waals surface area contributed by atoms with Crippen LogP contribution in [0, 0.1) is 0 Å². The maximum absolute atomic E-state index is 11.7. The van der Waals surface area contributed by atoms with Crippen molar-refractivity contribution >= 4 is 5.97 Å². The lowest BCUT2D eigenvalue weighted by atomic mass is 10.1. The van der Waals surface area contributed by atoms with Gasteiger partial charge in [-0.3, -0.25) is 9.59 Å². The fourth-order valence-corrected chi connectivity index (χ4v) is 2.02. The van der Waals surface area contributed by atoms with Crippen LogP contribution in [0.5, 0.6) is 11.5 Å². The van der Waals surface area contributed by atoms with Crippen LogP contribution >= 0.6 is 0 Å². The highest BCUT2D eigenvalue weighted by Crippen LogP contribution is 2.31. The van der Waals surface area contributed by atoms with Crippen LogP contribution in [0.4, 0.5) is 0 Å². The number of aliphatic carboxylic acids is 1. The van der Waals surface area contributed by atoms with E-state index in [1.54, 1.807) is 31.4 Å². The Labute approximate surface area is 126 Å². The molecule has 0 radical (unpaired) electrons. The van der Waals surface area contributed by atoms with E-state index in [9.17, 15) is 9.59 Å². The molecule has 2 rings (SSSR count). The van der Waals surface area contributed by atoms with Gasteiger partial charge in [0, 0.05) is 23.6 Å². The number of hydrogen-bond acceptors (Lipinski definition) is 5. The number of methoxy groups -OCH3 is 2. The van der Waals surface area contributed by atoms with Gasteiger partial charge in [-0.2, -0.15) is 5.10 Å².